The number of nitrogen functional groups attached to an aromatic ring is 1. The maximum atomic E-state index is 12.3. The molecule has 0 bridgehead atoms. The number of nitrogens with two attached hydrogens (primary N) is 1. The van der Waals surface area contributed by atoms with Crippen LogP contribution >= 0.6 is 0 Å². The summed E-state index contributed by atoms with van der Waals surface area (Å²) in [6, 6.07) is 15.1. The molecule has 0 aromatic heterocycles. The number of hydrogen-bond donors (Lipinski definition) is 1. The van der Waals surface area contributed by atoms with Gasteiger partial charge >= 0.3 is 0 Å². The lowest BCUT2D eigenvalue weighted by Gasteiger charge is -2.19. The Labute approximate surface area is 117 Å². The zero-order valence-corrected chi connectivity index (χ0v) is 11.1. The molecule has 0 radical (unpaired) electrons. The van der Waals surface area contributed by atoms with Crippen molar-refractivity contribution in [3.8, 4) is 5.75 Å². The van der Waals surface area contributed by atoms with Crippen molar-refractivity contribution in [2.24, 2.45) is 0 Å². The van der Waals surface area contributed by atoms with E-state index in [9.17, 15) is 4.79 Å². The van der Waals surface area contributed by atoms with Crippen LogP contribution in [0, 0.1) is 0 Å². The molecule has 4 heteroatoms. The topological polar surface area (TPSA) is 55.6 Å². The predicted molar refractivity (Wildman–Crippen MR) is 78.8 cm³/mol. The lowest BCUT2D eigenvalue weighted by atomic mass is 10.1. The van der Waals surface area contributed by atoms with Crippen LogP contribution in [-0.2, 0) is 11.2 Å². The molecule has 2 aromatic carbocycles. The minimum absolute atomic E-state index is 0.0256. The summed E-state index contributed by atoms with van der Waals surface area (Å²) in [5, 5.41) is 0. The van der Waals surface area contributed by atoms with Crippen molar-refractivity contribution < 1.29 is 9.53 Å². The van der Waals surface area contributed by atoms with Crippen molar-refractivity contribution in [2.45, 2.75) is 6.42 Å². The van der Waals surface area contributed by atoms with Crippen molar-refractivity contribution in [1.29, 1.82) is 0 Å². The first-order chi connectivity index (χ1) is 9.75. The van der Waals surface area contributed by atoms with Gasteiger partial charge in [0.2, 0.25) is 0 Å². The molecule has 0 fully saturated rings. The zero-order chi connectivity index (χ0) is 13.9. The number of benzene rings is 2. The maximum absolute atomic E-state index is 12.3. The van der Waals surface area contributed by atoms with Gasteiger partial charge in [-0.2, -0.15) is 0 Å². The Hall–Kier alpha value is -2.49. The molecule has 1 amide bonds. The smallest absolute Gasteiger partial charge is 0.264 e. The molecule has 2 aromatic rings. The summed E-state index contributed by atoms with van der Waals surface area (Å²) < 4.78 is 5.50. The third-order valence-electron chi connectivity index (χ3n) is 3.43. The second kappa shape index (κ2) is 5.25. The van der Waals surface area contributed by atoms with Crippen molar-refractivity contribution in [3.05, 3.63) is 54.1 Å². The van der Waals surface area contributed by atoms with E-state index in [2.05, 4.69) is 0 Å². The highest BCUT2D eigenvalue weighted by molar-refractivity contribution is 5.99. The molecular weight excluding hydrogens is 252 g/mol. The number of ether oxygens (including phenoxy) is 1. The Kier molecular flexibility index (Phi) is 3.29. The zero-order valence-electron chi connectivity index (χ0n) is 11.1. The van der Waals surface area contributed by atoms with E-state index in [-0.39, 0.29) is 12.5 Å². The molecule has 3 rings (SSSR count). The van der Waals surface area contributed by atoms with Gasteiger partial charge in [0.1, 0.15) is 5.75 Å². The Balaban J connectivity index is 1.71. The first-order valence-corrected chi connectivity index (χ1v) is 6.61. The molecule has 20 heavy (non-hydrogen) atoms. The van der Waals surface area contributed by atoms with Gasteiger partial charge in [-0.05, 0) is 30.2 Å². The Bertz CT molecular complexity index is 626. The summed E-state index contributed by atoms with van der Waals surface area (Å²) in [4.78, 5) is 14.0. The van der Waals surface area contributed by atoms with Crippen LogP contribution in [0.5, 0.6) is 5.75 Å². The van der Waals surface area contributed by atoms with Crippen LogP contribution in [0.2, 0.25) is 0 Å². The van der Waals surface area contributed by atoms with Gasteiger partial charge in [0, 0.05) is 6.54 Å². The number of carbonyl (C=O) groups excluding carboxylic acids is 1. The molecule has 0 unspecified atom stereocenters. The first-order valence-electron chi connectivity index (χ1n) is 6.61. The van der Waals surface area contributed by atoms with Crippen molar-refractivity contribution >= 4 is 17.3 Å². The molecule has 0 aliphatic carbocycles. The summed E-state index contributed by atoms with van der Waals surface area (Å²) in [5.41, 5.74) is 8.58. The second-order valence-corrected chi connectivity index (χ2v) is 4.75. The van der Waals surface area contributed by atoms with E-state index in [0.29, 0.717) is 18.0 Å². The summed E-state index contributed by atoms with van der Waals surface area (Å²) in [5.74, 6) is 0.631. The predicted octanol–water partition coefficient (Wildman–Crippen LogP) is 2.24. The first kappa shape index (κ1) is 12.5. The summed E-state index contributed by atoms with van der Waals surface area (Å²) in [6.45, 7) is 0.693. The molecule has 1 aliphatic rings. The SMILES string of the molecule is Nc1cccc2c1N(C(=O)COc1ccccc1)CC2. The normalized spacial score (nSPS) is 13.1. The highest BCUT2D eigenvalue weighted by Gasteiger charge is 2.26. The molecule has 0 saturated carbocycles. The monoisotopic (exact) mass is 268 g/mol. The molecule has 1 heterocycles. The summed E-state index contributed by atoms with van der Waals surface area (Å²) >= 11 is 0. The average Bonchev–Trinajstić information content (AvgIpc) is 2.91. The second-order valence-electron chi connectivity index (χ2n) is 4.75. The third-order valence-corrected chi connectivity index (χ3v) is 3.43. The molecular formula is C16H16N2O2. The number of para-hydroxylation sites is 2. The van der Waals surface area contributed by atoms with Crippen LogP contribution in [0.3, 0.4) is 0 Å². The van der Waals surface area contributed by atoms with Crippen LogP contribution < -0.4 is 15.4 Å². The van der Waals surface area contributed by atoms with Gasteiger partial charge in [-0.3, -0.25) is 4.79 Å². The number of fused-ring (bicyclic) bond motifs is 1. The molecule has 2 N–H and O–H groups in total. The van der Waals surface area contributed by atoms with E-state index in [0.717, 1.165) is 17.7 Å². The molecule has 0 atom stereocenters. The van der Waals surface area contributed by atoms with Crippen molar-refractivity contribution in [2.75, 3.05) is 23.8 Å². The third kappa shape index (κ3) is 2.32. The largest absolute Gasteiger partial charge is 0.484 e. The van der Waals surface area contributed by atoms with Crippen LogP contribution in [0.1, 0.15) is 5.56 Å². The van der Waals surface area contributed by atoms with E-state index in [1.54, 1.807) is 4.90 Å². The van der Waals surface area contributed by atoms with Crippen molar-refractivity contribution in [1.82, 2.24) is 0 Å². The highest BCUT2D eigenvalue weighted by Crippen LogP contribution is 2.33. The van der Waals surface area contributed by atoms with E-state index in [1.165, 1.54) is 0 Å². The van der Waals surface area contributed by atoms with E-state index in [4.69, 9.17) is 10.5 Å². The van der Waals surface area contributed by atoms with E-state index < -0.39 is 0 Å². The van der Waals surface area contributed by atoms with E-state index in [1.807, 2.05) is 48.5 Å². The van der Waals surface area contributed by atoms with Crippen LogP contribution in [0.25, 0.3) is 0 Å². The molecule has 4 nitrogen and oxygen atoms in total. The molecule has 0 spiro atoms. The van der Waals surface area contributed by atoms with Gasteiger partial charge in [0.15, 0.2) is 6.61 Å². The summed E-state index contributed by atoms with van der Waals surface area (Å²) in [7, 11) is 0. The average molecular weight is 268 g/mol. The van der Waals surface area contributed by atoms with E-state index >= 15 is 0 Å². The van der Waals surface area contributed by atoms with Gasteiger partial charge in [0.05, 0.1) is 11.4 Å². The van der Waals surface area contributed by atoms with Crippen molar-refractivity contribution in [3.63, 3.8) is 0 Å². The lowest BCUT2D eigenvalue weighted by Crippen LogP contribution is -2.33. The quantitative estimate of drug-likeness (QED) is 0.868. The fraction of sp³-hybridized carbons (Fsp3) is 0.188. The fourth-order valence-corrected chi connectivity index (χ4v) is 2.48. The molecule has 1 aliphatic heterocycles. The molecule has 102 valence electrons. The molecule has 0 saturated heterocycles. The van der Waals surface area contributed by atoms with Gasteiger partial charge in [0.25, 0.3) is 5.91 Å². The van der Waals surface area contributed by atoms with Gasteiger partial charge in [-0.1, -0.05) is 30.3 Å². The number of carbonyl (C=O) groups is 1. The van der Waals surface area contributed by atoms with Gasteiger partial charge in [-0.15, -0.1) is 0 Å². The Morgan fingerprint density at radius 3 is 2.75 bits per heavy atom. The van der Waals surface area contributed by atoms with Crippen LogP contribution in [0.4, 0.5) is 11.4 Å². The number of amides is 1. The Morgan fingerprint density at radius 2 is 1.95 bits per heavy atom. The lowest BCUT2D eigenvalue weighted by molar-refractivity contribution is -0.120. The van der Waals surface area contributed by atoms with Gasteiger partial charge < -0.3 is 15.4 Å². The van der Waals surface area contributed by atoms with Crippen LogP contribution in [0.15, 0.2) is 48.5 Å². The standard InChI is InChI=1S/C16H16N2O2/c17-14-8-4-5-12-9-10-18(16(12)14)15(19)11-20-13-6-2-1-3-7-13/h1-8H,9-11,17H2. The van der Waals surface area contributed by atoms with Gasteiger partial charge in [-0.25, -0.2) is 0 Å². The number of anilines is 2. The maximum Gasteiger partial charge on any atom is 0.264 e. The minimum Gasteiger partial charge on any atom is -0.484 e. The van der Waals surface area contributed by atoms with Crippen LogP contribution in [-0.4, -0.2) is 19.1 Å². The summed E-state index contributed by atoms with van der Waals surface area (Å²) in [6.07, 6.45) is 0.845. The number of rotatable bonds is 3. The number of hydrogen-bond acceptors (Lipinski definition) is 3. The number of nitrogens with zero attached hydrogens (tertiary/aromatic N) is 1. The fourth-order valence-electron chi connectivity index (χ4n) is 2.48. The Morgan fingerprint density at radius 1 is 1.15 bits per heavy atom. The highest BCUT2D eigenvalue weighted by atomic mass is 16.5. The minimum atomic E-state index is -0.0643.